The van der Waals surface area contributed by atoms with Crippen LogP contribution in [0.3, 0.4) is 0 Å². The fourth-order valence-corrected chi connectivity index (χ4v) is 6.82. The number of unbranched alkanes of at least 4 members (excludes halogenated alkanes) is 25. The number of rotatable bonds is 38. The lowest BCUT2D eigenvalue weighted by Gasteiger charge is -2.25. The first-order chi connectivity index (χ1) is 24.0. The van der Waals surface area contributed by atoms with Gasteiger partial charge >= 0.3 is 7.82 Å². The van der Waals surface area contributed by atoms with Crippen molar-refractivity contribution in [3.05, 3.63) is 12.2 Å². The molecule has 0 aromatic heterocycles. The smallest absolute Gasteiger partial charge is 0.387 e. The Balaban J connectivity index is 3.92. The molecule has 0 heterocycles. The van der Waals surface area contributed by atoms with Gasteiger partial charge in [-0.2, -0.15) is 0 Å². The average Bonchev–Trinajstić information content (AvgIpc) is 3.06. The number of carbonyl (C=O) groups excluding carboxylic acids is 1. The van der Waals surface area contributed by atoms with Crippen LogP contribution in [0.15, 0.2) is 12.2 Å². The van der Waals surface area contributed by atoms with Gasteiger partial charge in [0.15, 0.2) is 0 Å². The van der Waals surface area contributed by atoms with Crippen LogP contribution in [0, 0.1) is 0 Å². The molecule has 50 heavy (non-hydrogen) atoms. The Morgan fingerprint density at radius 1 is 0.660 bits per heavy atom. The van der Waals surface area contributed by atoms with E-state index in [0.717, 1.165) is 38.5 Å². The van der Waals surface area contributed by atoms with Crippen LogP contribution in [0.1, 0.15) is 194 Å². The van der Waals surface area contributed by atoms with Crippen LogP contribution in [-0.2, 0) is 18.4 Å². The Morgan fingerprint density at radius 2 is 1.06 bits per heavy atom. The molecule has 0 rings (SSSR count). The van der Waals surface area contributed by atoms with Gasteiger partial charge in [0.1, 0.15) is 13.2 Å². The van der Waals surface area contributed by atoms with E-state index in [1.807, 2.05) is 27.2 Å². The molecule has 0 aliphatic heterocycles. The average molecular weight is 732 g/mol. The third-order valence-corrected chi connectivity index (χ3v) is 10.5. The number of likely N-dealkylation sites (N-methyl/N-ethyl adjacent to an activating group) is 1. The van der Waals surface area contributed by atoms with E-state index in [4.69, 9.17) is 9.05 Å². The standard InChI is InChI=1S/C41H83N2O6P/c1-6-8-10-12-13-14-15-16-17-18-19-20-21-22-23-24-25-26-27-28-29-30-31-33-35-41(45)42-39(40(44)34-32-11-9-7-2)38-49-50(46,47)48-37-36-43(3,4)5/h32,34,39-40,44H,6-31,33,35-38H2,1-5H3,(H-,42,45,46,47)/p+1/b34-32+. The van der Waals surface area contributed by atoms with Crippen LogP contribution < -0.4 is 5.32 Å². The van der Waals surface area contributed by atoms with E-state index in [2.05, 4.69) is 19.2 Å². The van der Waals surface area contributed by atoms with Crippen LogP contribution in [0.4, 0.5) is 0 Å². The molecule has 0 fully saturated rings. The molecule has 0 aromatic carbocycles. The minimum Gasteiger partial charge on any atom is -0.387 e. The molecule has 0 aromatic rings. The van der Waals surface area contributed by atoms with Crippen molar-refractivity contribution in [2.75, 3.05) is 40.9 Å². The highest BCUT2D eigenvalue weighted by atomic mass is 31.2. The number of amides is 1. The van der Waals surface area contributed by atoms with Crippen molar-refractivity contribution in [2.24, 2.45) is 0 Å². The summed E-state index contributed by atoms with van der Waals surface area (Å²) < 4.78 is 23.3. The van der Waals surface area contributed by atoms with Gasteiger partial charge < -0.3 is 19.8 Å². The lowest BCUT2D eigenvalue weighted by Crippen LogP contribution is -2.45. The first-order valence-electron chi connectivity index (χ1n) is 21.1. The second-order valence-corrected chi connectivity index (χ2v) is 17.2. The summed E-state index contributed by atoms with van der Waals surface area (Å²) in [5.41, 5.74) is 0. The van der Waals surface area contributed by atoms with Gasteiger partial charge in [0.05, 0.1) is 39.9 Å². The van der Waals surface area contributed by atoms with Crippen molar-refractivity contribution in [1.29, 1.82) is 0 Å². The number of quaternary nitrogens is 1. The molecule has 0 spiro atoms. The van der Waals surface area contributed by atoms with Gasteiger partial charge in [-0.3, -0.25) is 13.8 Å². The molecule has 3 atom stereocenters. The normalized spacial score (nSPS) is 14.6. The van der Waals surface area contributed by atoms with E-state index in [9.17, 15) is 19.4 Å². The maximum absolute atomic E-state index is 12.7. The van der Waals surface area contributed by atoms with Gasteiger partial charge in [0.25, 0.3) is 0 Å². The van der Waals surface area contributed by atoms with Crippen LogP contribution in [0.2, 0.25) is 0 Å². The number of aliphatic hydroxyl groups is 1. The summed E-state index contributed by atoms with van der Waals surface area (Å²) in [4.78, 5) is 22.8. The molecule has 8 nitrogen and oxygen atoms in total. The van der Waals surface area contributed by atoms with Crippen LogP contribution >= 0.6 is 7.82 Å². The van der Waals surface area contributed by atoms with Crippen LogP contribution in [-0.4, -0.2) is 73.4 Å². The zero-order chi connectivity index (χ0) is 37.2. The van der Waals surface area contributed by atoms with Gasteiger partial charge in [-0.1, -0.05) is 187 Å². The summed E-state index contributed by atoms with van der Waals surface area (Å²) in [7, 11) is 1.57. The van der Waals surface area contributed by atoms with E-state index in [0.29, 0.717) is 17.4 Å². The second kappa shape index (κ2) is 34.0. The molecule has 0 aliphatic carbocycles. The molecule has 3 unspecified atom stereocenters. The molecular weight excluding hydrogens is 647 g/mol. The Bertz CT molecular complexity index is 834. The van der Waals surface area contributed by atoms with E-state index >= 15 is 0 Å². The topological polar surface area (TPSA) is 105 Å². The third-order valence-electron chi connectivity index (χ3n) is 9.51. The second-order valence-electron chi connectivity index (χ2n) is 15.7. The summed E-state index contributed by atoms with van der Waals surface area (Å²) in [6, 6.07) is -0.836. The zero-order valence-corrected chi connectivity index (χ0v) is 34.5. The zero-order valence-electron chi connectivity index (χ0n) is 33.7. The molecule has 0 bridgehead atoms. The van der Waals surface area contributed by atoms with E-state index < -0.39 is 20.0 Å². The van der Waals surface area contributed by atoms with E-state index in [-0.39, 0.29) is 19.1 Å². The number of aliphatic hydroxyl groups excluding tert-OH is 1. The van der Waals surface area contributed by atoms with Crippen molar-refractivity contribution in [1.82, 2.24) is 5.32 Å². The highest BCUT2D eigenvalue weighted by molar-refractivity contribution is 7.47. The predicted molar refractivity (Wildman–Crippen MR) is 212 cm³/mol. The number of phosphoric acid groups is 1. The summed E-state index contributed by atoms with van der Waals surface area (Å²) in [5.74, 6) is -0.183. The highest BCUT2D eigenvalue weighted by Crippen LogP contribution is 2.43. The Hall–Kier alpha value is -0.760. The minimum atomic E-state index is -4.31. The number of allylic oxidation sites excluding steroid dienone is 1. The summed E-state index contributed by atoms with van der Waals surface area (Å²) in [6.45, 7) is 4.67. The van der Waals surface area contributed by atoms with Gasteiger partial charge in [-0.25, -0.2) is 4.57 Å². The lowest BCUT2D eigenvalue weighted by molar-refractivity contribution is -0.870. The van der Waals surface area contributed by atoms with Crippen molar-refractivity contribution < 1.29 is 32.9 Å². The monoisotopic (exact) mass is 732 g/mol. The van der Waals surface area contributed by atoms with Gasteiger partial charge in [0.2, 0.25) is 5.91 Å². The van der Waals surface area contributed by atoms with Crippen molar-refractivity contribution in [3.8, 4) is 0 Å². The summed E-state index contributed by atoms with van der Waals surface area (Å²) in [5, 5.41) is 13.5. The molecule has 1 amide bonds. The number of hydrogen-bond donors (Lipinski definition) is 3. The lowest BCUT2D eigenvalue weighted by atomic mass is 10.0. The van der Waals surface area contributed by atoms with Crippen molar-refractivity contribution in [2.45, 2.75) is 206 Å². The van der Waals surface area contributed by atoms with E-state index in [1.54, 1.807) is 6.08 Å². The van der Waals surface area contributed by atoms with Crippen molar-refractivity contribution >= 4 is 13.7 Å². The maximum atomic E-state index is 12.7. The number of nitrogens with one attached hydrogen (secondary N) is 1. The van der Waals surface area contributed by atoms with Gasteiger partial charge in [-0.05, 0) is 12.8 Å². The molecule has 0 saturated heterocycles. The fourth-order valence-electron chi connectivity index (χ4n) is 6.09. The number of nitrogens with zero attached hydrogens (tertiary/aromatic N) is 1. The molecular formula is C41H84N2O6P+. The Kier molecular flexibility index (Phi) is 33.5. The summed E-state index contributed by atoms with van der Waals surface area (Å²) in [6.07, 6.45) is 37.8. The first-order valence-corrected chi connectivity index (χ1v) is 22.6. The molecule has 0 aliphatic rings. The number of phosphoric ester groups is 1. The molecule has 298 valence electrons. The minimum absolute atomic E-state index is 0.0628. The van der Waals surface area contributed by atoms with Crippen molar-refractivity contribution in [3.63, 3.8) is 0 Å². The van der Waals surface area contributed by atoms with Crippen LogP contribution in [0.25, 0.3) is 0 Å². The van der Waals surface area contributed by atoms with E-state index in [1.165, 1.54) is 135 Å². The quantitative estimate of drug-likeness (QED) is 0.0253. The summed E-state index contributed by atoms with van der Waals surface area (Å²) >= 11 is 0. The third kappa shape index (κ3) is 35.6. The molecule has 0 saturated carbocycles. The molecule has 9 heteroatoms. The Morgan fingerprint density at radius 3 is 1.46 bits per heavy atom. The fraction of sp³-hybridized carbons (Fsp3) is 0.927. The molecule has 3 N–H and O–H groups in total. The van der Waals surface area contributed by atoms with Crippen LogP contribution in [0.5, 0.6) is 0 Å². The largest absolute Gasteiger partial charge is 0.472 e. The first kappa shape index (κ1) is 49.2. The maximum Gasteiger partial charge on any atom is 0.472 e. The highest BCUT2D eigenvalue weighted by Gasteiger charge is 2.27. The Labute approximate surface area is 310 Å². The SMILES string of the molecule is CCCC/C=C/C(O)C(COP(=O)(O)OCC[N+](C)(C)C)NC(=O)CCCCCCCCCCCCCCCCCCCCCCCCCC. The number of hydrogen-bond acceptors (Lipinski definition) is 5. The predicted octanol–water partition coefficient (Wildman–Crippen LogP) is 11.2. The number of carbonyl (C=O) groups is 1. The van der Waals surface area contributed by atoms with Gasteiger partial charge in [-0.15, -0.1) is 0 Å². The van der Waals surface area contributed by atoms with Gasteiger partial charge in [0, 0.05) is 6.42 Å². The molecule has 0 radical (unpaired) electrons.